The summed E-state index contributed by atoms with van der Waals surface area (Å²) < 4.78 is 42.2. The van der Waals surface area contributed by atoms with Gasteiger partial charge in [-0.05, 0) is 48.9 Å². The highest BCUT2D eigenvalue weighted by Gasteiger charge is 2.27. The molecule has 31 heavy (non-hydrogen) atoms. The molecule has 160 valence electrons. The molecule has 4 aromatic rings. The minimum Gasteiger partial charge on any atom is -0.480 e. The number of carbonyl (C=O) groups is 1. The summed E-state index contributed by atoms with van der Waals surface area (Å²) in [5.74, 6) is -1.50. The molecule has 6 nitrogen and oxygen atoms in total. The Bertz CT molecular complexity index is 1410. The van der Waals surface area contributed by atoms with E-state index in [0.29, 0.717) is 31.4 Å². The van der Waals surface area contributed by atoms with E-state index in [-0.39, 0.29) is 22.9 Å². The zero-order valence-corrected chi connectivity index (χ0v) is 18.6. The number of halogens is 2. The minimum atomic E-state index is -3.92. The van der Waals surface area contributed by atoms with Gasteiger partial charge in [-0.2, -0.15) is 0 Å². The van der Waals surface area contributed by atoms with Crippen molar-refractivity contribution >= 4 is 49.6 Å². The van der Waals surface area contributed by atoms with Crippen molar-refractivity contribution in [3.63, 3.8) is 0 Å². The fourth-order valence-corrected chi connectivity index (χ4v) is 6.69. The van der Waals surface area contributed by atoms with Crippen LogP contribution in [0.4, 0.5) is 4.39 Å². The van der Waals surface area contributed by atoms with Crippen LogP contribution in [0.3, 0.4) is 0 Å². The SMILES string of the molecule is Cc1c(Cc2sc(Cl)cc2S(=O)(=O)c2ccccn2)c2cc(F)ccc2n1CC(=O)O. The number of pyridine rings is 1. The molecule has 0 unspecified atom stereocenters. The number of aliphatic carboxylic acids is 1. The van der Waals surface area contributed by atoms with E-state index in [1.54, 1.807) is 23.6 Å². The van der Waals surface area contributed by atoms with Crippen molar-refractivity contribution in [1.82, 2.24) is 9.55 Å². The smallest absolute Gasteiger partial charge is 0.323 e. The minimum absolute atomic E-state index is 0.0381. The van der Waals surface area contributed by atoms with Crippen LogP contribution in [-0.4, -0.2) is 29.0 Å². The Morgan fingerprint density at radius 3 is 2.71 bits per heavy atom. The average Bonchev–Trinajstić information content (AvgIpc) is 3.22. The number of carboxylic acids is 1. The summed E-state index contributed by atoms with van der Waals surface area (Å²) in [5.41, 5.74) is 1.83. The number of benzene rings is 1. The van der Waals surface area contributed by atoms with Gasteiger partial charge < -0.3 is 9.67 Å². The van der Waals surface area contributed by atoms with Crippen molar-refractivity contribution in [2.24, 2.45) is 0 Å². The van der Waals surface area contributed by atoms with E-state index in [1.165, 1.54) is 36.5 Å². The van der Waals surface area contributed by atoms with E-state index in [9.17, 15) is 22.7 Å². The average molecular weight is 479 g/mol. The molecule has 0 amide bonds. The Balaban J connectivity index is 1.88. The molecule has 0 fully saturated rings. The molecule has 3 heterocycles. The van der Waals surface area contributed by atoms with Gasteiger partial charge in [-0.1, -0.05) is 17.7 Å². The Hall–Kier alpha value is -2.75. The highest BCUT2D eigenvalue weighted by molar-refractivity contribution is 7.91. The molecule has 0 radical (unpaired) electrons. The van der Waals surface area contributed by atoms with E-state index < -0.39 is 21.6 Å². The molecule has 10 heteroatoms. The first-order chi connectivity index (χ1) is 14.7. The molecule has 0 saturated carbocycles. The highest BCUT2D eigenvalue weighted by atomic mass is 35.5. The lowest BCUT2D eigenvalue weighted by Gasteiger charge is -2.07. The summed E-state index contributed by atoms with van der Waals surface area (Å²) in [4.78, 5) is 15.8. The number of thiophene rings is 1. The van der Waals surface area contributed by atoms with E-state index in [0.717, 1.165) is 11.3 Å². The van der Waals surface area contributed by atoms with Gasteiger partial charge in [0.05, 0.1) is 9.23 Å². The van der Waals surface area contributed by atoms with Crippen LogP contribution >= 0.6 is 22.9 Å². The van der Waals surface area contributed by atoms with Gasteiger partial charge >= 0.3 is 5.97 Å². The van der Waals surface area contributed by atoms with Crippen molar-refractivity contribution in [2.45, 2.75) is 29.8 Å². The largest absolute Gasteiger partial charge is 0.480 e. The Morgan fingerprint density at radius 1 is 1.26 bits per heavy atom. The molecule has 0 saturated heterocycles. The van der Waals surface area contributed by atoms with Gasteiger partial charge in [0, 0.05) is 34.1 Å². The number of hydrogen-bond donors (Lipinski definition) is 1. The molecule has 0 spiro atoms. The van der Waals surface area contributed by atoms with E-state index in [2.05, 4.69) is 4.98 Å². The lowest BCUT2D eigenvalue weighted by molar-refractivity contribution is -0.137. The first-order valence-corrected chi connectivity index (χ1v) is 11.8. The molecule has 0 aliphatic rings. The second kappa shape index (κ2) is 8.07. The molecule has 3 aromatic heterocycles. The second-order valence-electron chi connectivity index (χ2n) is 6.89. The third-order valence-electron chi connectivity index (χ3n) is 4.99. The summed E-state index contributed by atoms with van der Waals surface area (Å²) in [6.07, 6.45) is 1.55. The normalized spacial score (nSPS) is 11.8. The number of carboxylic acid groups (broad SMARTS) is 1. The first-order valence-electron chi connectivity index (χ1n) is 9.12. The predicted molar refractivity (Wildman–Crippen MR) is 116 cm³/mol. The molecule has 0 atom stereocenters. The third-order valence-corrected chi connectivity index (χ3v) is 8.12. The van der Waals surface area contributed by atoms with E-state index in [4.69, 9.17) is 11.6 Å². The molecule has 0 bridgehead atoms. The van der Waals surface area contributed by atoms with Crippen LogP contribution in [0.25, 0.3) is 10.9 Å². The number of sulfone groups is 1. The number of rotatable bonds is 6. The van der Waals surface area contributed by atoms with Crippen molar-refractivity contribution < 1.29 is 22.7 Å². The summed E-state index contributed by atoms with van der Waals surface area (Å²) in [5, 5.41) is 9.72. The molecule has 1 aromatic carbocycles. The summed E-state index contributed by atoms with van der Waals surface area (Å²) in [6, 6.07) is 10.1. The van der Waals surface area contributed by atoms with Crippen LogP contribution < -0.4 is 0 Å². The molecule has 4 rings (SSSR count). The van der Waals surface area contributed by atoms with E-state index in [1.807, 2.05) is 0 Å². The van der Waals surface area contributed by atoms with Gasteiger partial charge in [0.15, 0.2) is 5.03 Å². The van der Waals surface area contributed by atoms with Crippen LogP contribution in [0.15, 0.2) is 58.6 Å². The number of hydrogen-bond acceptors (Lipinski definition) is 5. The van der Waals surface area contributed by atoms with Crippen LogP contribution in [0, 0.1) is 12.7 Å². The molecule has 0 aliphatic carbocycles. The summed E-state index contributed by atoms with van der Waals surface area (Å²) >= 11 is 7.29. The maximum absolute atomic E-state index is 14.0. The fourth-order valence-electron chi connectivity index (χ4n) is 3.60. The maximum Gasteiger partial charge on any atom is 0.323 e. The maximum atomic E-state index is 14.0. The summed E-state index contributed by atoms with van der Waals surface area (Å²) in [7, 11) is -3.92. The Kier molecular flexibility index (Phi) is 5.59. The van der Waals surface area contributed by atoms with Crippen LogP contribution in [-0.2, 0) is 27.6 Å². The van der Waals surface area contributed by atoms with Crippen molar-refractivity contribution in [1.29, 1.82) is 0 Å². The lowest BCUT2D eigenvalue weighted by Crippen LogP contribution is -2.10. The monoisotopic (exact) mass is 478 g/mol. The Labute approximate surface area is 186 Å². The number of aromatic nitrogens is 2. The van der Waals surface area contributed by atoms with Crippen LogP contribution in [0.1, 0.15) is 16.1 Å². The van der Waals surface area contributed by atoms with Gasteiger partial charge in [-0.3, -0.25) is 4.79 Å². The second-order valence-corrected chi connectivity index (χ2v) is 10.5. The predicted octanol–water partition coefficient (Wildman–Crippen LogP) is 4.71. The molecular formula is C21H16ClFN2O4S2. The van der Waals surface area contributed by atoms with Crippen LogP contribution in [0.2, 0.25) is 4.34 Å². The quantitative estimate of drug-likeness (QED) is 0.433. The topological polar surface area (TPSA) is 89.3 Å². The lowest BCUT2D eigenvalue weighted by atomic mass is 10.1. The number of nitrogens with zero attached hydrogens (tertiary/aromatic N) is 2. The van der Waals surface area contributed by atoms with Gasteiger partial charge in [0.2, 0.25) is 9.84 Å². The van der Waals surface area contributed by atoms with Crippen molar-refractivity contribution in [3.05, 3.63) is 74.9 Å². The van der Waals surface area contributed by atoms with Gasteiger partial charge in [-0.25, -0.2) is 17.8 Å². The number of fused-ring (bicyclic) bond motifs is 1. The fraction of sp³-hybridized carbons (Fsp3) is 0.143. The first kappa shape index (κ1) is 21.5. The van der Waals surface area contributed by atoms with Gasteiger partial charge in [-0.15, -0.1) is 11.3 Å². The molecular weight excluding hydrogens is 463 g/mol. The zero-order valence-electron chi connectivity index (χ0n) is 16.2. The third kappa shape index (κ3) is 3.96. The van der Waals surface area contributed by atoms with Crippen LogP contribution in [0.5, 0.6) is 0 Å². The van der Waals surface area contributed by atoms with Gasteiger partial charge in [0.1, 0.15) is 12.4 Å². The van der Waals surface area contributed by atoms with Crippen molar-refractivity contribution in [2.75, 3.05) is 0 Å². The zero-order chi connectivity index (χ0) is 22.3. The van der Waals surface area contributed by atoms with E-state index >= 15 is 0 Å². The highest BCUT2D eigenvalue weighted by Crippen LogP contribution is 2.37. The van der Waals surface area contributed by atoms with Gasteiger partial charge in [0.25, 0.3) is 0 Å². The standard InChI is InChI=1S/C21H16ClFN2O4S2/c1-12-14(15-8-13(23)5-6-16(15)25(12)11-21(26)27)9-17-18(10-19(22)30-17)31(28,29)20-4-2-3-7-24-20/h2-8,10H,9,11H2,1H3,(H,26,27). The summed E-state index contributed by atoms with van der Waals surface area (Å²) in [6.45, 7) is 1.44. The van der Waals surface area contributed by atoms with Crippen molar-refractivity contribution in [3.8, 4) is 0 Å². The molecule has 0 aliphatic heterocycles. The molecule has 1 N–H and O–H groups in total. The Morgan fingerprint density at radius 2 is 2.03 bits per heavy atom.